The third-order valence-electron chi connectivity index (χ3n) is 3.83. The maximum absolute atomic E-state index is 13.4. The summed E-state index contributed by atoms with van der Waals surface area (Å²) < 4.78 is 18.6. The summed E-state index contributed by atoms with van der Waals surface area (Å²) in [5.41, 5.74) is 0. The minimum Gasteiger partial charge on any atom is -0.481 e. The molecule has 1 aromatic rings. The van der Waals surface area contributed by atoms with Crippen molar-refractivity contribution in [1.29, 1.82) is 0 Å². The molecule has 1 saturated heterocycles. The van der Waals surface area contributed by atoms with E-state index >= 15 is 0 Å². The van der Waals surface area contributed by atoms with Gasteiger partial charge in [0.25, 0.3) is 5.91 Å². The highest BCUT2D eigenvalue weighted by Crippen LogP contribution is 2.21. The number of amides is 1. The summed E-state index contributed by atoms with van der Waals surface area (Å²) in [5.74, 6) is -1.22. The Morgan fingerprint density at radius 1 is 1.36 bits per heavy atom. The van der Waals surface area contributed by atoms with Crippen LogP contribution in [0.25, 0.3) is 0 Å². The van der Waals surface area contributed by atoms with Gasteiger partial charge in [0.1, 0.15) is 0 Å². The molecule has 0 aromatic heterocycles. The third-order valence-corrected chi connectivity index (χ3v) is 3.83. The number of hydrogen-bond donors (Lipinski definition) is 1. The topological polar surface area (TPSA) is 66.8 Å². The molecule has 1 aliphatic heterocycles. The van der Waals surface area contributed by atoms with E-state index in [4.69, 9.17) is 9.84 Å². The van der Waals surface area contributed by atoms with Crippen LogP contribution in [-0.4, -0.2) is 41.6 Å². The Morgan fingerprint density at radius 3 is 2.86 bits per heavy atom. The van der Waals surface area contributed by atoms with Gasteiger partial charge in [-0.05, 0) is 37.3 Å². The van der Waals surface area contributed by atoms with Gasteiger partial charge in [-0.1, -0.05) is 12.1 Å². The first-order valence-corrected chi connectivity index (χ1v) is 7.43. The van der Waals surface area contributed by atoms with Gasteiger partial charge in [0.2, 0.25) is 0 Å². The smallest absolute Gasteiger partial charge is 0.303 e. The molecule has 1 atom stereocenters. The number of ether oxygens (including phenoxy) is 1. The molecule has 5 nitrogen and oxygen atoms in total. The molecule has 1 heterocycles. The molecule has 0 unspecified atom stereocenters. The molecule has 6 heteroatoms. The van der Waals surface area contributed by atoms with E-state index in [9.17, 15) is 14.0 Å². The zero-order valence-corrected chi connectivity index (χ0v) is 12.3. The van der Waals surface area contributed by atoms with E-state index in [1.807, 2.05) is 0 Å². The zero-order chi connectivity index (χ0) is 15.9. The van der Waals surface area contributed by atoms with Crippen LogP contribution in [0.2, 0.25) is 0 Å². The Labute approximate surface area is 128 Å². The lowest BCUT2D eigenvalue weighted by Gasteiger charge is -2.32. The molecule has 0 aliphatic carbocycles. The van der Waals surface area contributed by atoms with Crippen molar-refractivity contribution in [2.24, 2.45) is 5.92 Å². The molecule has 1 fully saturated rings. The van der Waals surface area contributed by atoms with Crippen LogP contribution < -0.4 is 4.74 Å². The van der Waals surface area contributed by atoms with Gasteiger partial charge in [0.05, 0.1) is 0 Å². The lowest BCUT2D eigenvalue weighted by molar-refractivity contribution is -0.137. The Bertz CT molecular complexity index is 535. The number of para-hydroxylation sites is 1. The number of aliphatic carboxylic acids is 1. The van der Waals surface area contributed by atoms with Crippen LogP contribution in [0.15, 0.2) is 24.3 Å². The second-order valence-corrected chi connectivity index (χ2v) is 5.50. The van der Waals surface area contributed by atoms with E-state index in [2.05, 4.69) is 0 Å². The predicted molar refractivity (Wildman–Crippen MR) is 78.1 cm³/mol. The molecule has 1 N–H and O–H groups in total. The van der Waals surface area contributed by atoms with Gasteiger partial charge in [-0.25, -0.2) is 4.39 Å². The molecule has 0 saturated carbocycles. The monoisotopic (exact) mass is 309 g/mol. The highest BCUT2D eigenvalue weighted by molar-refractivity contribution is 5.77. The molecule has 1 aliphatic rings. The van der Waals surface area contributed by atoms with E-state index in [1.54, 1.807) is 17.0 Å². The first-order chi connectivity index (χ1) is 10.6. The van der Waals surface area contributed by atoms with Crippen molar-refractivity contribution < 1.29 is 23.8 Å². The Balaban J connectivity index is 1.81. The zero-order valence-electron chi connectivity index (χ0n) is 12.3. The van der Waals surface area contributed by atoms with Crippen LogP contribution in [0.1, 0.15) is 25.7 Å². The molecule has 120 valence electrons. The van der Waals surface area contributed by atoms with Gasteiger partial charge in [-0.15, -0.1) is 0 Å². The summed E-state index contributed by atoms with van der Waals surface area (Å²) in [6.45, 7) is 0.988. The fraction of sp³-hybridized carbons (Fsp3) is 0.500. The summed E-state index contributed by atoms with van der Waals surface area (Å²) >= 11 is 0. The molecule has 2 rings (SSSR count). The summed E-state index contributed by atoms with van der Waals surface area (Å²) in [6.07, 6.45) is 2.49. The number of rotatable bonds is 6. The molecular weight excluding hydrogens is 289 g/mol. The van der Waals surface area contributed by atoms with Crippen molar-refractivity contribution in [3.63, 3.8) is 0 Å². The molecular formula is C16H20FNO4. The minimum absolute atomic E-state index is 0.0651. The number of carboxylic acid groups (broad SMARTS) is 1. The summed E-state index contributed by atoms with van der Waals surface area (Å²) in [5, 5.41) is 8.72. The largest absolute Gasteiger partial charge is 0.481 e. The van der Waals surface area contributed by atoms with Gasteiger partial charge < -0.3 is 14.7 Å². The molecule has 1 aromatic carbocycles. The molecule has 22 heavy (non-hydrogen) atoms. The summed E-state index contributed by atoms with van der Waals surface area (Å²) in [4.78, 5) is 24.4. The number of likely N-dealkylation sites (tertiary alicyclic amines) is 1. The van der Waals surface area contributed by atoms with Gasteiger partial charge in [-0.2, -0.15) is 0 Å². The number of hydrogen-bond acceptors (Lipinski definition) is 3. The Hall–Kier alpha value is -2.11. The van der Waals surface area contributed by atoms with E-state index in [0.717, 1.165) is 12.8 Å². The molecule has 0 bridgehead atoms. The molecule has 0 radical (unpaired) electrons. The lowest BCUT2D eigenvalue weighted by atomic mass is 9.93. The minimum atomic E-state index is -0.814. The predicted octanol–water partition coefficient (Wildman–Crippen LogP) is 2.31. The van der Waals surface area contributed by atoms with Gasteiger partial charge in [0, 0.05) is 19.5 Å². The van der Waals surface area contributed by atoms with E-state index in [-0.39, 0.29) is 30.6 Å². The van der Waals surface area contributed by atoms with E-state index < -0.39 is 11.8 Å². The SMILES string of the molecule is O=C(O)CC[C@@H]1CCCN(C(=O)COc2ccccc2F)C1. The van der Waals surface area contributed by atoms with Gasteiger partial charge >= 0.3 is 5.97 Å². The molecule has 1 amide bonds. The quantitative estimate of drug-likeness (QED) is 0.875. The van der Waals surface area contributed by atoms with Crippen LogP contribution in [0.4, 0.5) is 4.39 Å². The fourth-order valence-corrected chi connectivity index (χ4v) is 2.65. The number of piperidine rings is 1. The highest BCUT2D eigenvalue weighted by atomic mass is 19.1. The number of carbonyl (C=O) groups is 2. The average molecular weight is 309 g/mol. The number of halogens is 1. The van der Waals surface area contributed by atoms with E-state index in [0.29, 0.717) is 19.5 Å². The van der Waals surface area contributed by atoms with Crippen molar-refractivity contribution in [3.8, 4) is 5.75 Å². The Kier molecular flexibility index (Phi) is 5.75. The van der Waals surface area contributed by atoms with Crippen molar-refractivity contribution in [1.82, 2.24) is 4.90 Å². The molecule has 0 spiro atoms. The van der Waals surface area contributed by atoms with Crippen molar-refractivity contribution >= 4 is 11.9 Å². The normalized spacial score (nSPS) is 18.0. The van der Waals surface area contributed by atoms with Crippen LogP contribution in [0.5, 0.6) is 5.75 Å². The summed E-state index contributed by atoms with van der Waals surface area (Å²) in [6, 6.07) is 5.96. The standard InChI is InChI=1S/C16H20FNO4/c17-13-5-1-2-6-14(13)22-11-15(19)18-9-3-4-12(10-18)7-8-16(20)21/h1-2,5-6,12H,3-4,7-11H2,(H,20,21)/t12-/m0/s1. The van der Waals surface area contributed by atoms with Crippen molar-refractivity contribution in [3.05, 3.63) is 30.1 Å². The van der Waals surface area contributed by atoms with Crippen LogP contribution in [-0.2, 0) is 9.59 Å². The first-order valence-electron chi connectivity index (χ1n) is 7.43. The highest BCUT2D eigenvalue weighted by Gasteiger charge is 2.24. The lowest BCUT2D eigenvalue weighted by Crippen LogP contribution is -2.42. The van der Waals surface area contributed by atoms with Gasteiger partial charge in [-0.3, -0.25) is 9.59 Å². The van der Waals surface area contributed by atoms with Gasteiger partial charge in [0.15, 0.2) is 18.2 Å². The average Bonchev–Trinajstić information content (AvgIpc) is 2.52. The van der Waals surface area contributed by atoms with E-state index in [1.165, 1.54) is 12.1 Å². The second-order valence-electron chi connectivity index (χ2n) is 5.50. The number of carbonyl (C=O) groups excluding carboxylic acids is 1. The number of nitrogens with zero attached hydrogens (tertiary/aromatic N) is 1. The third kappa shape index (κ3) is 4.72. The van der Waals surface area contributed by atoms with Crippen molar-refractivity contribution in [2.75, 3.05) is 19.7 Å². The summed E-state index contributed by atoms with van der Waals surface area (Å²) in [7, 11) is 0. The fourth-order valence-electron chi connectivity index (χ4n) is 2.65. The second kappa shape index (κ2) is 7.77. The van der Waals surface area contributed by atoms with Crippen LogP contribution in [0, 0.1) is 11.7 Å². The first kappa shape index (κ1) is 16.3. The number of carboxylic acids is 1. The maximum Gasteiger partial charge on any atom is 0.303 e. The number of benzene rings is 1. The Morgan fingerprint density at radius 2 is 2.14 bits per heavy atom. The van der Waals surface area contributed by atoms with Crippen LogP contribution >= 0.6 is 0 Å². The maximum atomic E-state index is 13.4. The van der Waals surface area contributed by atoms with Crippen LogP contribution in [0.3, 0.4) is 0 Å². The van der Waals surface area contributed by atoms with Crippen molar-refractivity contribution in [2.45, 2.75) is 25.7 Å².